The second-order valence-corrected chi connectivity index (χ2v) is 3.85. The van der Waals surface area contributed by atoms with E-state index in [2.05, 4.69) is 10.1 Å². The molecule has 19 heavy (non-hydrogen) atoms. The molecule has 0 unspecified atom stereocenters. The monoisotopic (exact) mass is 261 g/mol. The zero-order valence-corrected chi connectivity index (χ0v) is 10.5. The minimum atomic E-state index is 0.0233. The molecule has 0 bridgehead atoms. The molecule has 6 heteroatoms. The van der Waals surface area contributed by atoms with Crippen molar-refractivity contribution in [2.24, 2.45) is 10.9 Å². The Morgan fingerprint density at radius 2 is 2.16 bits per heavy atom. The van der Waals surface area contributed by atoms with E-state index >= 15 is 0 Å². The van der Waals surface area contributed by atoms with Gasteiger partial charge in [0.2, 0.25) is 5.88 Å². The van der Waals surface area contributed by atoms with Gasteiger partial charge >= 0.3 is 0 Å². The first kappa shape index (κ1) is 13.1. The Hall–Kier alpha value is -2.34. The smallest absolute Gasteiger partial charge is 0.214 e. The van der Waals surface area contributed by atoms with Crippen LogP contribution in [0.3, 0.4) is 0 Å². The number of amidine groups is 1. The van der Waals surface area contributed by atoms with Crippen molar-refractivity contribution in [1.82, 2.24) is 4.98 Å². The lowest BCUT2D eigenvalue weighted by Gasteiger charge is -2.09. The molecule has 6 nitrogen and oxygen atoms in total. The Kier molecular flexibility index (Phi) is 4.15. The molecular weight excluding hydrogens is 246 g/mol. The zero-order valence-electron chi connectivity index (χ0n) is 10.5. The molecule has 0 fully saturated rings. The molecule has 0 aliphatic carbocycles. The van der Waals surface area contributed by atoms with Gasteiger partial charge in [-0.15, -0.1) is 0 Å². The maximum atomic E-state index is 8.83. The Balaban J connectivity index is 2.44. The summed E-state index contributed by atoms with van der Waals surface area (Å²) in [6.07, 6.45) is 0. The van der Waals surface area contributed by atoms with E-state index in [0.29, 0.717) is 24.7 Å². The highest BCUT2D eigenvalue weighted by Gasteiger charge is 2.09. The van der Waals surface area contributed by atoms with Crippen LogP contribution >= 0.6 is 0 Å². The van der Waals surface area contributed by atoms with E-state index in [-0.39, 0.29) is 5.84 Å². The van der Waals surface area contributed by atoms with Gasteiger partial charge in [-0.25, -0.2) is 4.98 Å². The number of methoxy groups -OCH3 is 1. The predicted octanol–water partition coefficient (Wildman–Crippen LogP) is 1.35. The van der Waals surface area contributed by atoms with E-state index in [9.17, 15) is 0 Å². The van der Waals surface area contributed by atoms with Crippen molar-refractivity contribution < 1.29 is 14.7 Å². The number of rotatable bonds is 5. The van der Waals surface area contributed by atoms with Gasteiger partial charge in [-0.05, 0) is 6.07 Å². The average Bonchev–Trinajstić information content (AvgIpc) is 2.46. The Bertz CT molecular complexity index is 599. The SMILES string of the molecule is COCCOc1cc(C(N)=NO)c2ccccc2n1. The second-order valence-electron chi connectivity index (χ2n) is 3.85. The van der Waals surface area contributed by atoms with Crippen molar-refractivity contribution in [3.63, 3.8) is 0 Å². The lowest BCUT2D eigenvalue weighted by atomic mass is 10.1. The molecule has 2 rings (SSSR count). The van der Waals surface area contributed by atoms with Crippen molar-refractivity contribution in [1.29, 1.82) is 0 Å². The summed E-state index contributed by atoms with van der Waals surface area (Å²) in [6, 6.07) is 9.07. The molecule has 0 spiro atoms. The van der Waals surface area contributed by atoms with Gasteiger partial charge in [0.1, 0.15) is 6.61 Å². The first-order valence-electron chi connectivity index (χ1n) is 5.75. The molecule has 1 aromatic carbocycles. The fourth-order valence-corrected chi connectivity index (χ4v) is 1.72. The molecular formula is C13H15N3O3. The number of ether oxygens (including phenoxy) is 2. The lowest BCUT2D eigenvalue weighted by molar-refractivity contribution is 0.144. The van der Waals surface area contributed by atoms with Crippen LogP contribution in [-0.2, 0) is 4.74 Å². The third-order valence-corrected chi connectivity index (χ3v) is 2.61. The van der Waals surface area contributed by atoms with E-state index in [0.717, 1.165) is 10.9 Å². The van der Waals surface area contributed by atoms with Crippen LogP contribution in [-0.4, -0.2) is 36.4 Å². The molecule has 0 aliphatic heterocycles. The minimum Gasteiger partial charge on any atom is -0.475 e. The number of aromatic nitrogens is 1. The maximum absolute atomic E-state index is 8.83. The van der Waals surface area contributed by atoms with Crippen LogP contribution in [0.4, 0.5) is 0 Å². The third-order valence-electron chi connectivity index (χ3n) is 2.61. The van der Waals surface area contributed by atoms with Gasteiger partial charge in [-0.3, -0.25) is 0 Å². The minimum absolute atomic E-state index is 0.0233. The molecule has 0 amide bonds. The third kappa shape index (κ3) is 2.92. The molecule has 3 N–H and O–H groups in total. The van der Waals surface area contributed by atoms with Gasteiger partial charge in [0.25, 0.3) is 0 Å². The summed E-state index contributed by atoms with van der Waals surface area (Å²) in [5, 5.41) is 12.7. The van der Waals surface area contributed by atoms with Crippen LogP contribution in [0.15, 0.2) is 35.5 Å². The van der Waals surface area contributed by atoms with Gasteiger partial charge in [0.05, 0.1) is 12.1 Å². The fourth-order valence-electron chi connectivity index (χ4n) is 1.72. The quantitative estimate of drug-likeness (QED) is 0.279. The number of fused-ring (bicyclic) bond motifs is 1. The Labute approximate surface area is 110 Å². The highest BCUT2D eigenvalue weighted by Crippen LogP contribution is 2.21. The number of nitrogens with zero attached hydrogens (tertiary/aromatic N) is 2. The Morgan fingerprint density at radius 1 is 1.37 bits per heavy atom. The number of hydrogen-bond donors (Lipinski definition) is 2. The highest BCUT2D eigenvalue weighted by molar-refractivity contribution is 6.08. The second kappa shape index (κ2) is 6.01. The van der Waals surface area contributed by atoms with Crippen molar-refractivity contribution in [3.8, 4) is 5.88 Å². The summed E-state index contributed by atoms with van der Waals surface area (Å²) in [4.78, 5) is 4.35. The zero-order chi connectivity index (χ0) is 13.7. The van der Waals surface area contributed by atoms with E-state index in [1.54, 1.807) is 13.2 Å². The predicted molar refractivity (Wildman–Crippen MR) is 71.6 cm³/mol. The summed E-state index contributed by atoms with van der Waals surface area (Å²) in [5.74, 6) is 0.438. The first-order chi connectivity index (χ1) is 9.26. The van der Waals surface area contributed by atoms with Gasteiger partial charge in [0.15, 0.2) is 5.84 Å². The summed E-state index contributed by atoms with van der Waals surface area (Å²) in [6.45, 7) is 0.852. The van der Waals surface area contributed by atoms with Crippen molar-refractivity contribution in [2.75, 3.05) is 20.3 Å². The van der Waals surface area contributed by atoms with E-state index < -0.39 is 0 Å². The van der Waals surface area contributed by atoms with Gasteiger partial charge in [0, 0.05) is 24.1 Å². The number of oxime groups is 1. The molecule has 0 saturated carbocycles. The largest absolute Gasteiger partial charge is 0.475 e. The van der Waals surface area contributed by atoms with E-state index in [1.807, 2.05) is 24.3 Å². The van der Waals surface area contributed by atoms with Crippen molar-refractivity contribution in [2.45, 2.75) is 0 Å². The number of hydrogen-bond acceptors (Lipinski definition) is 5. The Morgan fingerprint density at radius 3 is 2.89 bits per heavy atom. The molecule has 0 saturated heterocycles. The number of benzene rings is 1. The topological polar surface area (TPSA) is 90.0 Å². The summed E-state index contributed by atoms with van der Waals surface area (Å²) in [7, 11) is 1.60. The molecule has 0 atom stereocenters. The van der Waals surface area contributed by atoms with E-state index in [4.69, 9.17) is 20.4 Å². The van der Waals surface area contributed by atoms with E-state index in [1.165, 1.54) is 0 Å². The first-order valence-corrected chi connectivity index (χ1v) is 5.75. The molecule has 1 heterocycles. The number of para-hydroxylation sites is 1. The number of pyridine rings is 1. The van der Waals surface area contributed by atoms with Crippen LogP contribution in [0, 0.1) is 0 Å². The molecule has 0 aliphatic rings. The molecule has 1 aromatic heterocycles. The van der Waals surface area contributed by atoms with Crippen LogP contribution in [0.5, 0.6) is 5.88 Å². The average molecular weight is 261 g/mol. The summed E-state index contributed by atoms with van der Waals surface area (Å²) >= 11 is 0. The summed E-state index contributed by atoms with van der Waals surface area (Å²) < 4.78 is 10.4. The van der Waals surface area contributed by atoms with Crippen LogP contribution in [0.25, 0.3) is 10.9 Å². The normalized spacial score (nSPS) is 11.7. The van der Waals surface area contributed by atoms with Gasteiger partial charge < -0.3 is 20.4 Å². The number of nitrogens with two attached hydrogens (primary N) is 1. The van der Waals surface area contributed by atoms with Crippen LogP contribution < -0.4 is 10.5 Å². The van der Waals surface area contributed by atoms with Gasteiger partial charge in [-0.2, -0.15) is 0 Å². The van der Waals surface area contributed by atoms with Crippen LogP contribution in [0.1, 0.15) is 5.56 Å². The van der Waals surface area contributed by atoms with Crippen molar-refractivity contribution in [3.05, 3.63) is 35.9 Å². The summed E-state index contributed by atoms with van der Waals surface area (Å²) in [5.41, 5.74) is 6.98. The van der Waals surface area contributed by atoms with Crippen LogP contribution in [0.2, 0.25) is 0 Å². The molecule has 0 radical (unpaired) electrons. The maximum Gasteiger partial charge on any atom is 0.214 e. The standard InChI is InChI=1S/C13H15N3O3/c1-18-6-7-19-12-8-10(13(14)16-17)9-4-2-3-5-11(9)15-12/h2-5,8,17H,6-7H2,1H3,(H2,14,16). The molecule has 100 valence electrons. The molecule has 2 aromatic rings. The fraction of sp³-hybridized carbons (Fsp3) is 0.231. The highest BCUT2D eigenvalue weighted by atomic mass is 16.5. The lowest BCUT2D eigenvalue weighted by Crippen LogP contribution is -2.15. The van der Waals surface area contributed by atoms with Crippen molar-refractivity contribution >= 4 is 16.7 Å². The van der Waals surface area contributed by atoms with Gasteiger partial charge in [-0.1, -0.05) is 23.4 Å².